The Bertz CT molecular complexity index is 165. The van der Waals surface area contributed by atoms with Crippen LogP contribution in [0.3, 0.4) is 0 Å². The van der Waals surface area contributed by atoms with Crippen LogP contribution in [0.25, 0.3) is 0 Å². The van der Waals surface area contributed by atoms with Crippen LogP contribution in [0.1, 0.15) is 44.9 Å². The van der Waals surface area contributed by atoms with Gasteiger partial charge in [0.25, 0.3) is 0 Å². The van der Waals surface area contributed by atoms with E-state index < -0.39 is 0 Å². The van der Waals surface area contributed by atoms with Crippen molar-refractivity contribution in [1.82, 2.24) is 4.90 Å². The van der Waals surface area contributed by atoms with Crippen LogP contribution in [-0.4, -0.2) is 30.1 Å². The highest BCUT2D eigenvalue weighted by atomic mass is 15.2. The first-order chi connectivity index (χ1) is 6.27. The van der Waals surface area contributed by atoms with Gasteiger partial charge in [0.1, 0.15) is 0 Å². The summed E-state index contributed by atoms with van der Waals surface area (Å²) in [5.41, 5.74) is 6.00. The zero-order valence-corrected chi connectivity index (χ0v) is 8.71. The second-order valence-corrected chi connectivity index (χ2v) is 4.83. The lowest BCUT2D eigenvalue weighted by atomic mass is 9.86. The molecule has 2 heteroatoms. The highest BCUT2D eigenvalue weighted by Crippen LogP contribution is 2.30. The lowest BCUT2D eigenvalue weighted by Crippen LogP contribution is -2.47. The number of rotatable bonds is 2. The van der Waals surface area contributed by atoms with Crippen molar-refractivity contribution >= 4 is 0 Å². The molecule has 0 amide bonds. The molecule has 0 aliphatic heterocycles. The first-order valence-corrected chi connectivity index (χ1v) is 5.75. The smallest absolute Gasteiger partial charge is 0.0110 e. The molecule has 76 valence electrons. The van der Waals surface area contributed by atoms with E-state index in [0.29, 0.717) is 6.04 Å². The highest BCUT2D eigenvalue weighted by Gasteiger charge is 2.29. The second kappa shape index (κ2) is 3.97. The van der Waals surface area contributed by atoms with Gasteiger partial charge >= 0.3 is 0 Å². The molecule has 2 fully saturated rings. The number of hydrogen-bond donors (Lipinski definition) is 1. The van der Waals surface area contributed by atoms with Crippen LogP contribution in [-0.2, 0) is 0 Å². The monoisotopic (exact) mass is 182 g/mol. The van der Waals surface area contributed by atoms with Crippen molar-refractivity contribution in [3.63, 3.8) is 0 Å². The fourth-order valence-electron chi connectivity index (χ4n) is 2.66. The summed E-state index contributed by atoms with van der Waals surface area (Å²) in [5, 5.41) is 0. The fourth-order valence-corrected chi connectivity index (χ4v) is 2.66. The Hall–Kier alpha value is -0.0800. The zero-order chi connectivity index (χ0) is 9.26. The van der Waals surface area contributed by atoms with E-state index in [1.807, 2.05) is 0 Å². The van der Waals surface area contributed by atoms with E-state index >= 15 is 0 Å². The molecule has 0 aromatic rings. The van der Waals surface area contributed by atoms with Gasteiger partial charge in [-0.1, -0.05) is 12.8 Å². The standard InChI is InChI=1S/C11H22N2/c1-13(10-5-3-6-10)11-7-2-4-9(12)8-11/h9-11H,2-8,12H2,1H3. The van der Waals surface area contributed by atoms with Crippen LogP contribution < -0.4 is 5.73 Å². The van der Waals surface area contributed by atoms with E-state index in [9.17, 15) is 0 Å². The molecule has 2 aliphatic rings. The van der Waals surface area contributed by atoms with E-state index in [2.05, 4.69) is 11.9 Å². The molecule has 2 saturated carbocycles. The van der Waals surface area contributed by atoms with Crippen molar-refractivity contribution in [2.75, 3.05) is 7.05 Å². The molecule has 0 aromatic heterocycles. The number of nitrogens with two attached hydrogens (primary N) is 1. The minimum absolute atomic E-state index is 0.473. The molecule has 0 bridgehead atoms. The summed E-state index contributed by atoms with van der Waals surface area (Å²) in [6.45, 7) is 0. The van der Waals surface area contributed by atoms with Gasteiger partial charge in [-0.3, -0.25) is 0 Å². The summed E-state index contributed by atoms with van der Waals surface area (Å²) < 4.78 is 0. The van der Waals surface area contributed by atoms with Crippen LogP contribution in [0, 0.1) is 0 Å². The molecule has 2 rings (SSSR count). The Balaban J connectivity index is 1.83. The Morgan fingerprint density at radius 3 is 2.15 bits per heavy atom. The van der Waals surface area contributed by atoms with Crippen molar-refractivity contribution in [2.24, 2.45) is 5.73 Å². The third-order valence-electron chi connectivity index (χ3n) is 3.91. The molecule has 0 saturated heterocycles. The van der Waals surface area contributed by atoms with Crippen LogP contribution in [0.15, 0.2) is 0 Å². The number of hydrogen-bond acceptors (Lipinski definition) is 2. The minimum Gasteiger partial charge on any atom is -0.328 e. The van der Waals surface area contributed by atoms with E-state index in [1.165, 1.54) is 44.9 Å². The zero-order valence-electron chi connectivity index (χ0n) is 8.71. The van der Waals surface area contributed by atoms with Gasteiger partial charge in [0, 0.05) is 18.1 Å². The molecular formula is C11H22N2. The van der Waals surface area contributed by atoms with E-state index in [0.717, 1.165) is 12.1 Å². The quantitative estimate of drug-likeness (QED) is 0.705. The average Bonchev–Trinajstić information content (AvgIpc) is 2.01. The van der Waals surface area contributed by atoms with Gasteiger partial charge in [0.05, 0.1) is 0 Å². The maximum atomic E-state index is 6.00. The Kier molecular flexibility index (Phi) is 2.89. The molecule has 0 radical (unpaired) electrons. The van der Waals surface area contributed by atoms with E-state index in [-0.39, 0.29) is 0 Å². The van der Waals surface area contributed by atoms with Crippen LogP contribution in [0.5, 0.6) is 0 Å². The largest absolute Gasteiger partial charge is 0.328 e. The fraction of sp³-hybridized carbons (Fsp3) is 1.00. The van der Waals surface area contributed by atoms with E-state index in [4.69, 9.17) is 5.73 Å². The second-order valence-electron chi connectivity index (χ2n) is 4.83. The maximum Gasteiger partial charge on any atom is 0.0110 e. The minimum atomic E-state index is 0.473. The molecular weight excluding hydrogens is 160 g/mol. The van der Waals surface area contributed by atoms with Gasteiger partial charge in [-0.2, -0.15) is 0 Å². The third kappa shape index (κ3) is 2.05. The molecule has 13 heavy (non-hydrogen) atoms. The Labute approximate surface area is 81.5 Å². The first kappa shape index (κ1) is 9.47. The summed E-state index contributed by atoms with van der Waals surface area (Å²) in [4.78, 5) is 2.60. The Morgan fingerprint density at radius 1 is 1.00 bits per heavy atom. The number of nitrogens with zero attached hydrogens (tertiary/aromatic N) is 1. The molecule has 2 N–H and O–H groups in total. The van der Waals surface area contributed by atoms with Crippen molar-refractivity contribution in [2.45, 2.75) is 63.1 Å². The normalized spacial score (nSPS) is 36.2. The van der Waals surface area contributed by atoms with Crippen LogP contribution in [0.4, 0.5) is 0 Å². The van der Waals surface area contributed by atoms with Crippen molar-refractivity contribution < 1.29 is 0 Å². The van der Waals surface area contributed by atoms with Crippen molar-refractivity contribution in [3.8, 4) is 0 Å². The topological polar surface area (TPSA) is 29.3 Å². The third-order valence-corrected chi connectivity index (χ3v) is 3.91. The molecule has 2 unspecified atom stereocenters. The van der Waals surface area contributed by atoms with Gasteiger partial charge < -0.3 is 10.6 Å². The summed E-state index contributed by atoms with van der Waals surface area (Å²) in [6.07, 6.45) is 9.46. The van der Waals surface area contributed by atoms with Gasteiger partial charge in [-0.25, -0.2) is 0 Å². The SMILES string of the molecule is CN(C1CCC1)C1CCCC(N)C1. The lowest BCUT2D eigenvalue weighted by molar-refractivity contribution is 0.0832. The van der Waals surface area contributed by atoms with Crippen LogP contribution >= 0.6 is 0 Å². The summed E-state index contributed by atoms with van der Waals surface area (Å²) in [5.74, 6) is 0. The lowest BCUT2D eigenvalue weighted by Gasteiger charge is -2.42. The van der Waals surface area contributed by atoms with Gasteiger partial charge in [0.15, 0.2) is 0 Å². The molecule has 2 nitrogen and oxygen atoms in total. The summed E-state index contributed by atoms with van der Waals surface area (Å²) in [6, 6.07) is 2.14. The highest BCUT2D eigenvalue weighted by molar-refractivity contribution is 4.87. The molecule has 0 spiro atoms. The molecule has 0 aromatic carbocycles. The van der Waals surface area contributed by atoms with E-state index in [1.54, 1.807) is 0 Å². The van der Waals surface area contributed by atoms with Crippen molar-refractivity contribution in [1.29, 1.82) is 0 Å². The molecule has 2 aliphatic carbocycles. The molecule has 2 atom stereocenters. The average molecular weight is 182 g/mol. The predicted octanol–water partition coefficient (Wildman–Crippen LogP) is 1.74. The summed E-state index contributed by atoms with van der Waals surface area (Å²) >= 11 is 0. The van der Waals surface area contributed by atoms with Gasteiger partial charge in [-0.05, 0) is 39.2 Å². The van der Waals surface area contributed by atoms with Gasteiger partial charge in [-0.15, -0.1) is 0 Å². The summed E-state index contributed by atoms with van der Waals surface area (Å²) in [7, 11) is 2.30. The Morgan fingerprint density at radius 2 is 1.62 bits per heavy atom. The van der Waals surface area contributed by atoms with Gasteiger partial charge in [0.2, 0.25) is 0 Å². The van der Waals surface area contributed by atoms with Crippen LogP contribution in [0.2, 0.25) is 0 Å². The first-order valence-electron chi connectivity index (χ1n) is 5.75. The molecule has 0 heterocycles. The predicted molar refractivity (Wildman–Crippen MR) is 55.6 cm³/mol. The van der Waals surface area contributed by atoms with Crippen molar-refractivity contribution in [3.05, 3.63) is 0 Å². The maximum absolute atomic E-state index is 6.00.